The van der Waals surface area contributed by atoms with Crippen LogP contribution in [-0.2, 0) is 4.79 Å². The molecule has 2 aromatic rings. The smallest absolute Gasteiger partial charge is 0.240 e. The number of benzene rings is 2. The van der Waals surface area contributed by atoms with E-state index < -0.39 is 5.25 Å². The summed E-state index contributed by atoms with van der Waals surface area (Å²) in [5, 5.41) is 11.1. The summed E-state index contributed by atoms with van der Waals surface area (Å²) in [6.45, 7) is 0. The summed E-state index contributed by atoms with van der Waals surface area (Å²) in [5.74, 6) is -0.348. The third-order valence-electron chi connectivity index (χ3n) is 3.47. The van der Waals surface area contributed by atoms with Crippen molar-refractivity contribution in [2.24, 2.45) is 10.2 Å². The van der Waals surface area contributed by atoms with Crippen molar-refractivity contribution in [3.63, 3.8) is 0 Å². The van der Waals surface area contributed by atoms with E-state index in [0.717, 1.165) is 5.56 Å². The predicted octanol–water partition coefficient (Wildman–Crippen LogP) is 3.53. The van der Waals surface area contributed by atoms with Crippen LogP contribution in [0.3, 0.4) is 0 Å². The Hall–Kier alpha value is -2.44. The van der Waals surface area contributed by atoms with Gasteiger partial charge < -0.3 is 5.32 Å². The van der Waals surface area contributed by atoms with E-state index in [-0.39, 0.29) is 18.1 Å². The first-order valence-corrected chi connectivity index (χ1v) is 8.80. The second-order valence-corrected chi connectivity index (χ2v) is 6.92. The zero-order chi connectivity index (χ0) is 17.6. The molecule has 1 N–H and O–H groups in total. The number of rotatable bonds is 5. The lowest BCUT2D eigenvalue weighted by molar-refractivity contribution is -0.118. The highest BCUT2D eigenvalue weighted by molar-refractivity contribution is 8.15. The molecule has 0 spiro atoms. The first-order valence-electron chi connectivity index (χ1n) is 7.54. The van der Waals surface area contributed by atoms with Crippen LogP contribution in [-0.4, -0.2) is 28.3 Å². The summed E-state index contributed by atoms with van der Waals surface area (Å²) in [6.07, 6.45) is 1.70. The Labute approximate surface area is 154 Å². The van der Waals surface area contributed by atoms with Crippen molar-refractivity contribution in [1.29, 1.82) is 0 Å². The number of ketones is 1. The highest BCUT2D eigenvalue weighted by Gasteiger charge is 2.32. The van der Waals surface area contributed by atoms with Crippen LogP contribution >= 0.6 is 23.4 Å². The fourth-order valence-electron chi connectivity index (χ4n) is 2.20. The number of carbonyl (C=O) groups excluding carboxylic acids is 2. The number of hydrogen-bond acceptors (Lipinski definition) is 5. The van der Waals surface area contributed by atoms with E-state index in [1.807, 2.05) is 30.3 Å². The first kappa shape index (κ1) is 17.4. The number of amidine groups is 1. The topological polar surface area (TPSA) is 70.9 Å². The quantitative estimate of drug-likeness (QED) is 0.496. The molecule has 3 rings (SSSR count). The summed E-state index contributed by atoms with van der Waals surface area (Å²) in [6, 6.07) is 16.1. The van der Waals surface area contributed by atoms with Crippen molar-refractivity contribution in [2.45, 2.75) is 11.7 Å². The van der Waals surface area contributed by atoms with Gasteiger partial charge >= 0.3 is 0 Å². The minimum atomic E-state index is -0.506. The largest absolute Gasteiger partial charge is 0.303 e. The average molecular weight is 372 g/mol. The predicted molar refractivity (Wildman–Crippen MR) is 101 cm³/mol. The van der Waals surface area contributed by atoms with E-state index in [1.165, 1.54) is 11.8 Å². The summed E-state index contributed by atoms with van der Waals surface area (Å²) in [7, 11) is 0. The van der Waals surface area contributed by atoms with Crippen molar-refractivity contribution in [3.8, 4) is 0 Å². The highest BCUT2D eigenvalue weighted by atomic mass is 35.5. The molecule has 25 heavy (non-hydrogen) atoms. The molecular formula is C18H14ClN3O2S. The van der Waals surface area contributed by atoms with Gasteiger partial charge in [0.25, 0.3) is 0 Å². The van der Waals surface area contributed by atoms with Crippen LogP contribution in [0.5, 0.6) is 0 Å². The Morgan fingerprint density at radius 3 is 2.60 bits per heavy atom. The SMILES string of the molecule is O=C(CC1S/C(=N/N=C/c2ccccc2)NC1=O)c1ccc(Cl)cc1. The third-order valence-corrected chi connectivity index (χ3v) is 4.79. The lowest BCUT2D eigenvalue weighted by atomic mass is 10.1. The van der Waals surface area contributed by atoms with Crippen LogP contribution in [0.2, 0.25) is 5.02 Å². The van der Waals surface area contributed by atoms with Crippen LogP contribution in [0.25, 0.3) is 0 Å². The lowest BCUT2D eigenvalue weighted by Gasteiger charge is -2.04. The Bertz CT molecular complexity index is 835. The Morgan fingerprint density at radius 1 is 1.16 bits per heavy atom. The van der Waals surface area contributed by atoms with Crippen LogP contribution in [0.15, 0.2) is 64.8 Å². The fourth-order valence-corrected chi connectivity index (χ4v) is 3.25. The molecule has 1 aliphatic rings. The molecular weight excluding hydrogens is 358 g/mol. The average Bonchev–Trinajstić information content (AvgIpc) is 2.96. The number of nitrogens with zero attached hydrogens (tertiary/aromatic N) is 2. The van der Waals surface area contributed by atoms with Gasteiger partial charge in [-0.2, -0.15) is 5.10 Å². The maximum absolute atomic E-state index is 12.3. The maximum atomic E-state index is 12.3. The van der Waals surface area contributed by atoms with Crippen molar-refractivity contribution in [2.75, 3.05) is 0 Å². The van der Waals surface area contributed by atoms with E-state index in [0.29, 0.717) is 15.8 Å². The van der Waals surface area contributed by atoms with Gasteiger partial charge in [-0.3, -0.25) is 9.59 Å². The molecule has 5 nitrogen and oxygen atoms in total. The van der Waals surface area contributed by atoms with Crippen LogP contribution in [0.4, 0.5) is 0 Å². The second-order valence-electron chi connectivity index (χ2n) is 5.29. The number of thioether (sulfide) groups is 1. The molecule has 0 bridgehead atoms. The Balaban J connectivity index is 1.60. The Morgan fingerprint density at radius 2 is 1.88 bits per heavy atom. The van der Waals surface area contributed by atoms with Gasteiger partial charge in [-0.1, -0.05) is 53.7 Å². The molecule has 1 unspecified atom stereocenters. The normalized spacial score (nSPS) is 18.7. The minimum Gasteiger partial charge on any atom is -0.303 e. The summed E-state index contributed by atoms with van der Waals surface area (Å²) >= 11 is 7.02. The molecule has 1 fully saturated rings. The zero-order valence-electron chi connectivity index (χ0n) is 13.1. The van der Waals surface area contributed by atoms with E-state index in [4.69, 9.17) is 11.6 Å². The van der Waals surface area contributed by atoms with Crippen LogP contribution in [0.1, 0.15) is 22.3 Å². The van der Waals surface area contributed by atoms with Gasteiger partial charge in [0.2, 0.25) is 5.91 Å². The minimum absolute atomic E-state index is 0.0968. The van der Waals surface area contributed by atoms with Crippen molar-refractivity contribution in [1.82, 2.24) is 5.32 Å². The molecule has 126 valence electrons. The van der Waals surface area contributed by atoms with Crippen LogP contribution < -0.4 is 5.32 Å². The van der Waals surface area contributed by atoms with E-state index in [2.05, 4.69) is 15.5 Å². The van der Waals surface area contributed by atoms with Crippen LogP contribution in [0, 0.1) is 0 Å². The van der Waals surface area contributed by atoms with E-state index in [9.17, 15) is 9.59 Å². The van der Waals surface area contributed by atoms with Gasteiger partial charge in [0.05, 0.1) is 11.5 Å². The number of amides is 1. The number of hydrogen-bond donors (Lipinski definition) is 1. The van der Waals surface area contributed by atoms with Gasteiger partial charge in [0.15, 0.2) is 11.0 Å². The second kappa shape index (κ2) is 8.09. The van der Waals surface area contributed by atoms with E-state index in [1.54, 1.807) is 30.5 Å². The molecule has 0 aliphatic carbocycles. The first-order chi connectivity index (χ1) is 12.1. The molecule has 1 aliphatic heterocycles. The Kier molecular flexibility index (Phi) is 5.63. The highest BCUT2D eigenvalue weighted by Crippen LogP contribution is 2.24. The standard InChI is InChI=1S/C18H14ClN3O2S/c19-14-8-6-13(7-9-14)15(23)10-16-17(24)21-18(25-16)22-20-11-12-4-2-1-3-5-12/h1-9,11,16H,10H2,(H,21,22,24)/b20-11+. The number of halogens is 1. The van der Waals surface area contributed by atoms with Gasteiger partial charge in [-0.25, -0.2) is 0 Å². The van der Waals surface area contributed by atoms with E-state index >= 15 is 0 Å². The molecule has 1 saturated heterocycles. The van der Waals surface area contributed by atoms with Gasteiger partial charge in [0.1, 0.15) is 0 Å². The van der Waals surface area contributed by atoms with Gasteiger partial charge in [-0.15, -0.1) is 5.10 Å². The molecule has 0 saturated carbocycles. The molecule has 1 amide bonds. The van der Waals surface area contributed by atoms with Crippen molar-refractivity contribution < 1.29 is 9.59 Å². The monoisotopic (exact) mass is 371 g/mol. The molecule has 1 atom stereocenters. The fraction of sp³-hybridized carbons (Fsp3) is 0.111. The number of Topliss-reactive ketones (excluding diaryl/α,β-unsaturated/α-hetero) is 1. The van der Waals surface area contributed by atoms with Crippen molar-refractivity contribution >= 4 is 46.4 Å². The number of carbonyl (C=O) groups is 2. The van der Waals surface area contributed by atoms with Gasteiger partial charge in [0, 0.05) is 17.0 Å². The summed E-state index contributed by atoms with van der Waals surface area (Å²) in [4.78, 5) is 24.3. The lowest BCUT2D eigenvalue weighted by Crippen LogP contribution is -2.26. The number of nitrogens with one attached hydrogen (secondary N) is 1. The molecule has 1 heterocycles. The molecule has 7 heteroatoms. The van der Waals surface area contributed by atoms with Crippen molar-refractivity contribution in [3.05, 3.63) is 70.7 Å². The zero-order valence-corrected chi connectivity index (χ0v) is 14.6. The summed E-state index contributed by atoms with van der Waals surface area (Å²) < 4.78 is 0. The molecule has 0 radical (unpaired) electrons. The third kappa shape index (κ3) is 4.78. The maximum Gasteiger partial charge on any atom is 0.240 e. The molecule has 2 aromatic carbocycles. The summed E-state index contributed by atoms with van der Waals surface area (Å²) in [5.41, 5.74) is 1.45. The van der Waals surface area contributed by atoms with Gasteiger partial charge in [-0.05, 0) is 29.8 Å². The molecule has 0 aromatic heterocycles.